The Labute approximate surface area is 101 Å². The lowest BCUT2D eigenvalue weighted by Gasteiger charge is -2.05. The molecule has 0 N–H and O–H groups in total. The summed E-state index contributed by atoms with van der Waals surface area (Å²) in [6, 6.07) is 1.65. The predicted octanol–water partition coefficient (Wildman–Crippen LogP) is 3.10. The Morgan fingerprint density at radius 2 is 2.08 bits per heavy atom. The molecule has 1 heterocycles. The zero-order valence-electron chi connectivity index (χ0n) is 6.06. The first-order valence-electron chi connectivity index (χ1n) is 3.10. The van der Waals surface area contributed by atoms with Crippen LogP contribution in [0.2, 0.25) is 0 Å². The lowest BCUT2D eigenvalue weighted by molar-refractivity contribution is 0.149. The number of halogens is 4. The number of nitrogens with zero attached hydrogens (tertiary/aromatic N) is 2. The highest BCUT2D eigenvalue weighted by atomic mass is 127. The Morgan fingerprint density at radius 3 is 2.54 bits per heavy atom. The van der Waals surface area contributed by atoms with Crippen molar-refractivity contribution >= 4 is 45.2 Å². The maximum atomic E-state index is 12.5. The number of aromatic nitrogens is 1. The average Bonchev–Trinajstić information content (AvgIpc) is 2.08. The summed E-state index contributed by atoms with van der Waals surface area (Å²) in [5.41, 5.74) is -0.463. The van der Waals surface area contributed by atoms with Gasteiger partial charge in [-0.3, -0.25) is 0 Å². The Morgan fingerprint density at radius 1 is 1.46 bits per heavy atom. The quantitative estimate of drug-likeness (QED) is 0.673. The summed E-state index contributed by atoms with van der Waals surface area (Å²) in [5.74, 6) is 0. The van der Waals surface area contributed by atoms with Gasteiger partial charge in [0.1, 0.15) is 11.8 Å². The molecule has 2 nitrogen and oxygen atoms in total. The molecule has 1 aromatic heterocycles. The van der Waals surface area contributed by atoms with Crippen LogP contribution in [0.1, 0.15) is 17.7 Å². The first-order chi connectivity index (χ1) is 6.07. The maximum Gasteiger partial charge on any atom is 0.267 e. The molecule has 0 saturated carbocycles. The molecule has 6 heteroatoms. The molecule has 0 saturated heterocycles. The number of nitriles is 1. The standard InChI is InChI=1S/C7H2F2I2N2/c8-7(9)5-4(1-12)13-2-3(10)6(5)11/h2,7H. The van der Waals surface area contributed by atoms with E-state index in [-0.39, 0.29) is 11.3 Å². The van der Waals surface area contributed by atoms with Crippen molar-refractivity contribution in [2.24, 2.45) is 0 Å². The van der Waals surface area contributed by atoms with Gasteiger partial charge in [-0.15, -0.1) is 0 Å². The molecular weight excluding hydrogens is 404 g/mol. The van der Waals surface area contributed by atoms with Gasteiger partial charge in [0, 0.05) is 13.3 Å². The van der Waals surface area contributed by atoms with Crippen LogP contribution in [0.25, 0.3) is 0 Å². The molecule has 0 radical (unpaired) electrons. The molecule has 0 aliphatic carbocycles. The lowest BCUT2D eigenvalue weighted by Crippen LogP contribution is -2.00. The summed E-state index contributed by atoms with van der Waals surface area (Å²) in [6.07, 6.45) is -1.24. The minimum absolute atomic E-state index is 0.195. The lowest BCUT2D eigenvalue weighted by atomic mass is 10.2. The summed E-state index contributed by atoms with van der Waals surface area (Å²) in [4.78, 5) is 3.63. The van der Waals surface area contributed by atoms with Gasteiger partial charge in [0.15, 0.2) is 0 Å². The fourth-order valence-electron chi connectivity index (χ4n) is 0.768. The SMILES string of the molecule is N#Cc1ncc(I)c(I)c1C(F)F. The largest absolute Gasteiger partial charge is 0.267 e. The van der Waals surface area contributed by atoms with Crippen LogP contribution in [0, 0.1) is 18.5 Å². The van der Waals surface area contributed by atoms with Crippen LogP contribution >= 0.6 is 45.2 Å². The molecule has 0 atom stereocenters. The van der Waals surface area contributed by atoms with E-state index in [4.69, 9.17) is 5.26 Å². The van der Waals surface area contributed by atoms with E-state index in [2.05, 4.69) is 4.98 Å². The van der Waals surface area contributed by atoms with E-state index >= 15 is 0 Å². The average molecular weight is 406 g/mol. The van der Waals surface area contributed by atoms with Crippen LogP contribution in [0.15, 0.2) is 6.20 Å². The van der Waals surface area contributed by atoms with E-state index in [1.807, 2.05) is 22.6 Å². The fraction of sp³-hybridized carbons (Fsp3) is 0.143. The minimum atomic E-state index is -2.65. The van der Waals surface area contributed by atoms with E-state index in [9.17, 15) is 8.78 Å². The summed E-state index contributed by atoms with van der Waals surface area (Å²) in [6.45, 7) is 0. The first-order valence-corrected chi connectivity index (χ1v) is 5.25. The molecule has 0 spiro atoms. The Balaban J connectivity index is 3.43. The third kappa shape index (κ3) is 2.25. The molecular formula is C7H2F2I2N2. The third-order valence-electron chi connectivity index (χ3n) is 1.33. The minimum Gasteiger partial charge on any atom is -0.244 e. The zero-order valence-corrected chi connectivity index (χ0v) is 10.4. The normalized spacial score (nSPS) is 10.2. The second-order valence-electron chi connectivity index (χ2n) is 2.09. The van der Waals surface area contributed by atoms with E-state index in [1.165, 1.54) is 6.20 Å². The van der Waals surface area contributed by atoms with E-state index in [1.54, 1.807) is 28.7 Å². The highest BCUT2D eigenvalue weighted by molar-refractivity contribution is 14.1. The molecule has 0 unspecified atom stereocenters. The Kier molecular flexibility index (Phi) is 3.78. The van der Waals surface area contributed by atoms with Crippen molar-refractivity contribution in [3.8, 4) is 6.07 Å². The van der Waals surface area contributed by atoms with Crippen molar-refractivity contribution in [1.82, 2.24) is 4.98 Å². The molecule has 0 fully saturated rings. The van der Waals surface area contributed by atoms with Crippen molar-refractivity contribution in [3.63, 3.8) is 0 Å². The topological polar surface area (TPSA) is 36.7 Å². The molecule has 1 rings (SSSR count). The van der Waals surface area contributed by atoms with E-state index in [0.717, 1.165) is 0 Å². The van der Waals surface area contributed by atoms with Crippen LogP contribution in [0.4, 0.5) is 8.78 Å². The van der Waals surface area contributed by atoms with E-state index < -0.39 is 6.43 Å². The molecule has 68 valence electrons. The van der Waals surface area contributed by atoms with Gasteiger partial charge in [-0.25, -0.2) is 13.8 Å². The number of hydrogen-bond donors (Lipinski definition) is 0. The van der Waals surface area contributed by atoms with Crippen molar-refractivity contribution in [2.45, 2.75) is 6.43 Å². The van der Waals surface area contributed by atoms with Crippen molar-refractivity contribution < 1.29 is 8.78 Å². The van der Waals surface area contributed by atoms with Crippen LogP contribution in [-0.2, 0) is 0 Å². The van der Waals surface area contributed by atoms with Crippen LogP contribution in [0.5, 0.6) is 0 Å². The molecule has 0 aliphatic heterocycles. The van der Waals surface area contributed by atoms with Crippen LogP contribution in [0.3, 0.4) is 0 Å². The third-order valence-corrected chi connectivity index (χ3v) is 4.34. The second kappa shape index (κ2) is 4.45. The number of alkyl halides is 2. The summed E-state index contributed by atoms with van der Waals surface area (Å²) in [7, 11) is 0. The van der Waals surface area contributed by atoms with Gasteiger partial charge in [0.25, 0.3) is 6.43 Å². The van der Waals surface area contributed by atoms with Crippen LogP contribution < -0.4 is 0 Å². The highest BCUT2D eigenvalue weighted by Gasteiger charge is 2.19. The van der Waals surface area contributed by atoms with Crippen molar-refractivity contribution in [1.29, 1.82) is 5.26 Å². The van der Waals surface area contributed by atoms with Gasteiger partial charge in [0.2, 0.25) is 0 Å². The van der Waals surface area contributed by atoms with Crippen molar-refractivity contribution in [2.75, 3.05) is 0 Å². The zero-order chi connectivity index (χ0) is 10.0. The summed E-state index contributed by atoms with van der Waals surface area (Å²) >= 11 is 3.69. The van der Waals surface area contributed by atoms with Gasteiger partial charge in [-0.05, 0) is 45.2 Å². The molecule has 0 amide bonds. The summed E-state index contributed by atoms with van der Waals surface area (Å²) < 4.78 is 25.9. The number of hydrogen-bond acceptors (Lipinski definition) is 2. The van der Waals surface area contributed by atoms with Gasteiger partial charge >= 0.3 is 0 Å². The monoisotopic (exact) mass is 406 g/mol. The van der Waals surface area contributed by atoms with E-state index in [0.29, 0.717) is 7.14 Å². The van der Waals surface area contributed by atoms with Gasteiger partial charge in [-0.2, -0.15) is 5.26 Å². The number of rotatable bonds is 1. The molecule has 0 bridgehead atoms. The smallest absolute Gasteiger partial charge is 0.244 e. The molecule has 0 aliphatic rings. The van der Waals surface area contributed by atoms with Crippen molar-refractivity contribution in [3.05, 3.63) is 24.6 Å². The van der Waals surface area contributed by atoms with Gasteiger partial charge in [-0.1, -0.05) is 0 Å². The maximum absolute atomic E-state index is 12.5. The Bertz CT molecular complexity index is 373. The summed E-state index contributed by atoms with van der Waals surface area (Å²) in [5, 5.41) is 8.53. The fourth-order valence-corrected chi connectivity index (χ4v) is 1.83. The molecule has 1 aromatic rings. The first kappa shape index (κ1) is 11.0. The Hall–Kier alpha value is -0.0400. The number of pyridine rings is 1. The highest BCUT2D eigenvalue weighted by Crippen LogP contribution is 2.29. The molecule has 13 heavy (non-hydrogen) atoms. The second-order valence-corrected chi connectivity index (χ2v) is 4.34. The predicted molar refractivity (Wildman–Crippen MR) is 59.3 cm³/mol. The van der Waals surface area contributed by atoms with Gasteiger partial charge in [0.05, 0.1) is 5.56 Å². The van der Waals surface area contributed by atoms with Crippen LogP contribution in [-0.4, -0.2) is 4.98 Å². The molecule has 0 aromatic carbocycles. The van der Waals surface area contributed by atoms with Gasteiger partial charge < -0.3 is 0 Å².